The van der Waals surface area contributed by atoms with Gasteiger partial charge in [0, 0.05) is 24.2 Å². The zero-order valence-corrected chi connectivity index (χ0v) is 16.2. The molecule has 0 unspecified atom stereocenters. The largest absolute Gasteiger partial charge is 0.492 e. The van der Waals surface area contributed by atoms with Crippen LogP contribution in [0.4, 0.5) is 4.39 Å². The monoisotopic (exact) mass is 372 g/mol. The molecule has 0 radical (unpaired) electrons. The number of ether oxygens (including phenoxy) is 2. The Bertz CT molecular complexity index is 927. The molecule has 3 rings (SSSR count). The highest BCUT2D eigenvalue weighted by Gasteiger charge is 2.19. The van der Waals surface area contributed by atoms with Crippen LogP contribution in [0.15, 0.2) is 47.5 Å². The number of hydrogen-bond acceptors (Lipinski definition) is 5. The van der Waals surface area contributed by atoms with Crippen molar-refractivity contribution in [2.45, 2.75) is 40.5 Å². The molecule has 1 aliphatic carbocycles. The van der Waals surface area contributed by atoms with E-state index in [-0.39, 0.29) is 18.0 Å². The third-order valence-electron chi connectivity index (χ3n) is 4.33. The summed E-state index contributed by atoms with van der Waals surface area (Å²) in [6.45, 7) is 9.25. The number of likely N-dealkylation sites (N-methyl/N-ethyl adjacent to an activating group) is 1. The number of nitrogens with one attached hydrogen (secondary N) is 1. The van der Waals surface area contributed by atoms with Crippen molar-refractivity contribution in [1.29, 1.82) is 0 Å². The molecular weight excluding hydrogens is 347 g/mol. The Kier molecular flexibility index (Phi) is 5.78. The molecule has 2 aromatic rings. The summed E-state index contributed by atoms with van der Waals surface area (Å²) >= 11 is 0. The summed E-state index contributed by atoms with van der Waals surface area (Å²) < 4.78 is 28.0. The molecule has 0 bridgehead atoms. The molecule has 7 heteroatoms. The Balaban J connectivity index is 1.94. The fourth-order valence-electron chi connectivity index (χ4n) is 2.94. The fraction of sp³-hybridized carbons (Fsp3) is 0.400. The number of aromatic nitrogens is 3. The van der Waals surface area contributed by atoms with Gasteiger partial charge in [-0.05, 0) is 44.9 Å². The first-order chi connectivity index (χ1) is 13.0. The smallest absolute Gasteiger partial charge is 0.247 e. The standard InChI is InChI=1S/C20H25FN4O2/c1-5-9-26-18-11-25-19(14(18)4)20(23-12-24-25)27-17-8-7-16(22-6-2)13(3)10-15(17)21/h7-8,11-12,22H,5-6,9-10H2,1-4H3. The van der Waals surface area contributed by atoms with Gasteiger partial charge in [0.05, 0.1) is 12.8 Å². The number of fused-ring (bicyclic) bond motifs is 1. The van der Waals surface area contributed by atoms with Crippen LogP contribution < -0.4 is 14.8 Å². The zero-order chi connectivity index (χ0) is 19.4. The number of aryl methyl sites for hydroxylation is 1. The summed E-state index contributed by atoms with van der Waals surface area (Å²) in [6.07, 6.45) is 7.74. The van der Waals surface area contributed by atoms with Gasteiger partial charge in [-0.3, -0.25) is 0 Å². The summed E-state index contributed by atoms with van der Waals surface area (Å²) in [6, 6.07) is 0. The quantitative estimate of drug-likeness (QED) is 0.788. The van der Waals surface area contributed by atoms with Crippen molar-refractivity contribution in [3.8, 4) is 11.6 Å². The first-order valence-corrected chi connectivity index (χ1v) is 9.19. The molecule has 144 valence electrons. The molecule has 0 saturated heterocycles. The van der Waals surface area contributed by atoms with Gasteiger partial charge in [0.25, 0.3) is 0 Å². The van der Waals surface area contributed by atoms with E-state index in [0.717, 1.165) is 35.5 Å². The van der Waals surface area contributed by atoms with Gasteiger partial charge in [0.15, 0.2) is 5.76 Å². The van der Waals surface area contributed by atoms with Crippen molar-refractivity contribution >= 4 is 5.52 Å². The molecule has 0 saturated carbocycles. The van der Waals surface area contributed by atoms with Crippen LogP contribution in [0.3, 0.4) is 0 Å². The van der Waals surface area contributed by atoms with Gasteiger partial charge in [-0.2, -0.15) is 10.1 Å². The highest BCUT2D eigenvalue weighted by Crippen LogP contribution is 2.32. The van der Waals surface area contributed by atoms with Crippen molar-refractivity contribution in [1.82, 2.24) is 19.9 Å². The SMILES string of the molecule is CCCOc1cn2ncnc(OC3=C(F)CC(C)=C(NCC)C=C3)c2c1C. The van der Waals surface area contributed by atoms with Crippen molar-refractivity contribution in [3.63, 3.8) is 0 Å². The molecule has 27 heavy (non-hydrogen) atoms. The minimum Gasteiger partial charge on any atom is -0.492 e. The number of halogens is 1. The third-order valence-corrected chi connectivity index (χ3v) is 4.33. The molecule has 2 heterocycles. The van der Waals surface area contributed by atoms with Crippen molar-refractivity contribution < 1.29 is 13.9 Å². The van der Waals surface area contributed by atoms with Gasteiger partial charge in [0.1, 0.15) is 23.4 Å². The molecule has 1 N–H and O–H groups in total. The van der Waals surface area contributed by atoms with E-state index in [9.17, 15) is 4.39 Å². The van der Waals surface area contributed by atoms with Crippen LogP contribution in [-0.4, -0.2) is 27.7 Å². The maximum Gasteiger partial charge on any atom is 0.247 e. The number of hydrogen-bond donors (Lipinski definition) is 1. The maximum atomic E-state index is 14.7. The average Bonchev–Trinajstić information content (AvgIpc) is 2.91. The van der Waals surface area contributed by atoms with Gasteiger partial charge < -0.3 is 14.8 Å². The summed E-state index contributed by atoms with van der Waals surface area (Å²) in [5.41, 5.74) is 3.36. The Hall–Kier alpha value is -2.83. The second-order valence-electron chi connectivity index (χ2n) is 6.43. The topological polar surface area (TPSA) is 60.7 Å². The summed E-state index contributed by atoms with van der Waals surface area (Å²) in [4.78, 5) is 4.22. The Labute approximate surface area is 158 Å². The maximum absolute atomic E-state index is 14.7. The lowest BCUT2D eigenvalue weighted by molar-refractivity contribution is 0.315. The van der Waals surface area contributed by atoms with Crippen molar-refractivity contribution in [3.05, 3.63) is 53.1 Å². The van der Waals surface area contributed by atoms with Crippen LogP contribution in [-0.2, 0) is 0 Å². The van der Waals surface area contributed by atoms with Gasteiger partial charge in [-0.1, -0.05) is 6.92 Å². The lowest BCUT2D eigenvalue weighted by Crippen LogP contribution is -2.11. The minimum atomic E-state index is -0.333. The second-order valence-corrected chi connectivity index (χ2v) is 6.43. The van der Waals surface area contributed by atoms with E-state index in [1.165, 1.54) is 6.33 Å². The van der Waals surface area contributed by atoms with Gasteiger partial charge in [-0.25, -0.2) is 8.91 Å². The van der Waals surface area contributed by atoms with Gasteiger partial charge in [0.2, 0.25) is 5.88 Å². The normalized spacial score (nSPS) is 14.7. The fourth-order valence-corrected chi connectivity index (χ4v) is 2.94. The predicted molar refractivity (Wildman–Crippen MR) is 102 cm³/mol. The summed E-state index contributed by atoms with van der Waals surface area (Å²) in [5, 5.41) is 7.45. The van der Waals surface area contributed by atoms with Gasteiger partial charge >= 0.3 is 0 Å². The molecule has 0 spiro atoms. The molecule has 0 aliphatic heterocycles. The van der Waals surface area contributed by atoms with Crippen molar-refractivity contribution in [2.75, 3.05) is 13.2 Å². The van der Waals surface area contributed by atoms with E-state index in [4.69, 9.17) is 9.47 Å². The van der Waals surface area contributed by atoms with Crippen molar-refractivity contribution in [2.24, 2.45) is 0 Å². The number of allylic oxidation sites excluding steroid dienone is 4. The Morgan fingerprint density at radius 1 is 1.26 bits per heavy atom. The Morgan fingerprint density at radius 3 is 2.81 bits per heavy atom. The summed E-state index contributed by atoms with van der Waals surface area (Å²) in [7, 11) is 0. The van der Waals surface area contributed by atoms with Crippen LogP contribution in [0.25, 0.3) is 5.52 Å². The molecule has 2 aromatic heterocycles. The number of rotatable bonds is 7. The molecule has 0 aromatic carbocycles. The molecule has 0 fully saturated rings. The zero-order valence-electron chi connectivity index (χ0n) is 16.2. The van der Waals surface area contributed by atoms with E-state index < -0.39 is 0 Å². The number of nitrogens with zero attached hydrogens (tertiary/aromatic N) is 3. The molecule has 0 atom stereocenters. The average molecular weight is 372 g/mol. The van der Waals surface area contributed by atoms with E-state index in [1.54, 1.807) is 16.8 Å². The third kappa shape index (κ3) is 3.97. The second kappa shape index (κ2) is 8.24. The highest BCUT2D eigenvalue weighted by atomic mass is 19.1. The van der Waals surface area contributed by atoms with Gasteiger partial charge in [-0.15, -0.1) is 0 Å². The summed E-state index contributed by atoms with van der Waals surface area (Å²) in [5.74, 6) is 0.841. The van der Waals surface area contributed by atoms with Crippen LogP contribution >= 0.6 is 0 Å². The first-order valence-electron chi connectivity index (χ1n) is 9.19. The van der Waals surface area contributed by atoms with E-state index in [2.05, 4.69) is 15.4 Å². The van der Waals surface area contributed by atoms with Crippen LogP contribution in [0, 0.1) is 6.92 Å². The molecule has 0 amide bonds. The molecular formula is C20H25FN4O2. The molecule has 1 aliphatic rings. The van der Waals surface area contributed by atoms with Crippen LogP contribution in [0.5, 0.6) is 11.6 Å². The lowest BCUT2D eigenvalue weighted by atomic mass is 10.1. The van der Waals surface area contributed by atoms with E-state index in [0.29, 0.717) is 18.0 Å². The molecule has 6 nitrogen and oxygen atoms in total. The van der Waals surface area contributed by atoms with Crippen LogP contribution in [0.2, 0.25) is 0 Å². The minimum absolute atomic E-state index is 0.152. The first kappa shape index (κ1) is 18.9. The van der Waals surface area contributed by atoms with Crippen LogP contribution in [0.1, 0.15) is 39.2 Å². The lowest BCUT2D eigenvalue weighted by Gasteiger charge is -2.08. The van der Waals surface area contributed by atoms with E-state index in [1.807, 2.05) is 33.8 Å². The highest BCUT2D eigenvalue weighted by molar-refractivity contribution is 5.67. The Morgan fingerprint density at radius 2 is 2.07 bits per heavy atom. The van der Waals surface area contributed by atoms with E-state index >= 15 is 0 Å². The predicted octanol–water partition coefficient (Wildman–Crippen LogP) is 4.23.